The molecule has 0 N–H and O–H groups in total. The maximum Gasteiger partial charge on any atom is 0.123 e. The Morgan fingerprint density at radius 1 is 1.29 bits per heavy atom. The molecule has 0 bridgehead atoms. The van der Waals surface area contributed by atoms with E-state index in [2.05, 4.69) is 50.4 Å². The molecule has 1 aliphatic carbocycles. The van der Waals surface area contributed by atoms with Crippen LogP contribution in [0.1, 0.15) is 50.7 Å². The van der Waals surface area contributed by atoms with Gasteiger partial charge in [-0.1, -0.05) is 43.8 Å². The monoisotopic (exact) mass is 423 g/mol. The Kier molecular flexibility index (Phi) is 12.3. The minimum Gasteiger partial charge on any atom is -0.504 e. The molecular formula is C28H38FNO. The van der Waals surface area contributed by atoms with Crippen molar-refractivity contribution >= 4 is 5.57 Å². The van der Waals surface area contributed by atoms with E-state index in [9.17, 15) is 4.39 Å². The predicted molar refractivity (Wildman–Crippen MR) is 132 cm³/mol. The number of halogens is 1. The molecule has 0 atom stereocenters. The van der Waals surface area contributed by atoms with Gasteiger partial charge in [0.05, 0.1) is 13.4 Å². The molecule has 1 saturated carbocycles. The number of benzene rings is 1. The van der Waals surface area contributed by atoms with Crippen LogP contribution in [0, 0.1) is 18.8 Å². The van der Waals surface area contributed by atoms with E-state index in [-0.39, 0.29) is 5.83 Å². The minimum absolute atomic E-state index is 0.0988. The lowest BCUT2D eigenvalue weighted by atomic mass is 9.91. The number of allylic oxidation sites excluding steroid dienone is 5. The Balaban J connectivity index is 0.00000233. The van der Waals surface area contributed by atoms with Crippen LogP contribution < -0.4 is 0 Å². The molecule has 0 spiro atoms. The highest BCUT2D eigenvalue weighted by atomic mass is 19.1. The molecule has 31 heavy (non-hydrogen) atoms. The third kappa shape index (κ3) is 8.99. The number of hydrogen-bond acceptors (Lipinski definition) is 2. The highest BCUT2D eigenvalue weighted by Gasteiger charge is 2.22. The molecule has 0 heterocycles. The van der Waals surface area contributed by atoms with E-state index >= 15 is 0 Å². The molecule has 3 heteroatoms. The Hall–Kier alpha value is -2.57. The quantitative estimate of drug-likeness (QED) is 0.205. The van der Waals surface area contributed by atoms with Crippen LogP contribution in [0.15, 0.2) is 66.2 Å². The van der Waals surface area contributed by atoms with Gasteiger partial charge in [-0.15, -0.1) is 12.8 Å². The highest BCUT2D eigenvalue weighted by molar-refractivity contribution is 5.79. The van der Waals surface area contributed by atoms with Gasteiger partial charge in [0.25, 0.3) is 0 Å². The molecular weight excluding hydrogens is 385 g/mol. The molecule has 168 valence electrons. The van der Waals surface area contributed by atoms with Gasteiger partial charge in [0.15, 0.2) is 0 Å². The van der Waals surface area contributed by atoms with E-state index in [0.717, 1.165) is 47.6 Å². The molecule has 2 rings (SSSR count). The van der Waals surface area contributed by atoms with Crippen molar-refractivity contribution in [2.45, 2.75) is 46.0 Å². The number of terminal acetylenes is 1. The molecule has 0 radical (unpaired) electrons. The van der Waals surface area contributed by atoms with E-state index in [1.165, 1.54) is 18.4 Å². The second-order valence-corrected chi connectivity index (χ2v) is 7.91. The van der Waals surface area contributed by atoms with Crippen molar-refractivity contribution in [3.05, 3.63) is 77.4 Å². The molecule has 1 aromatic rings. The Morgan fingerprint density at radius 2 is 1.97 bits per heavy atom. The number of methoxy groups -OCH3 is 1. The SMILES string of the molecule is C#C.C=C(CC)/C(=C/OC)c1ccccc1CCC(=C/C)/C(F)=C\CN(C)CC1CC1. The summed E-state index contributed by atoms with van der Waals surface area (Å²) in [6.45, 7) is 9.91. The zero-order valence-corrected chi connectivity index (χ0v) is 19.7. The summed E-state index contributed by atoms with van der Waals surface area (Å²) in [7, 11) is 3.72. The van der Waals surface area contributed by atoms with Gasteiger partial charge in [0.2, 0.25) is 0 Å². The summed E-state index contributed by atoms with van der Waals surface area (Å²) in [5, 5.41) is 0. The van der Waals surface area contributed by atoms with E-state index < -0.39 is 0 Å². The van der Waals surface area contributed by atoms with E-state index in [0.29, 0.717) is 13.0 Å². The fourth-order valence-electron chi connectivity index (χ4n) is 3.50. The molecule has 0 aromatic heterocycles. The van der Waals surface area contributed by atoms with Crippen LogP contribution >= 0.6 is 0 Å². The average molecular weight is 424 g/mol. The minimum atomic E-state index is -0.0988. The van der Waals surface area contributed by atoms with Crippen molar-refractivity contribution in [1.29, 1.82) is 0 Å². The van der Waals surface area contributed by atoms with Crippen molar-refractivity contribution in [3.63, 3.8) is 0 Å². The van der Waals surface area contributed by atoms with E-state index in [1.54, 1.807) is 19.4 Å². The lowest BCUT2D eigenvalue weighted by Gasteiger charge is -2.16. The van der Waals surface area contributed by atoms with E-state index in [4.69, 9.17) is 4.74 Å². The average Bonchev–Trinajstić information content (AvgIpc) is 3.61. The Morgan fingerprint density at radius 3 is 2.55 bits per heavy atom. The summed E-state index contributed by atoms with van der Waals surface area (Å²) in [6, 6.07) is 8.26. The van der Waals surface area contributed by atoms with Gasteiger partial charge >= 0.3 is 0 Å². The molecule has 1 fully saturated rings. The fourth-order valence-corrected chi connectivity index (χ4v) is 3.50. The summed E-state index contributed by atoms with van der Waals surface area (Å²) in [5.74, 6) is 0.722. The zero-order chi connectivity index (χ0) is 23.2. The van der Waals surface area contributed by atoms with Gasteiger partial charge in [-0.05, 0) is 80.3 Å². The first kappa shape index (κ1) is 26.5. The molecule has 1 aliphatic rings. The largest absolute Gasteiger partial charge is 0.504 e. The van der Waals surface area contributed by atoms with Crippen LogP contribution in [0.3, 0.4) is 0 Å². The third-order valence-electron chi connectivity index (χ3n) is 5.52. The normalized spacial score (nSPS) is 14.8. The van der Waals surface area contributed by atoms with Crippen LogP contribution in [-0.4, -0.2) is 32.1 Å². The Bertz CT molecular complexity index is 811. The number of likely N-dealkylation sites (N-methyl/N-ethyl adjacent to an activating group) is 1. The maximum atomic E-state index is 14.8. The predicted octanol–water partition coefficient (Wildman–Crippen LogP) is 6.96. The summed E-state index contributed by atoms with van der Waals surface area (Å²) in [4.78, 5) is 2.21. The van der Waals surface area contributed by atoms with Crippen LogP contribution in [0.2, 0.25) is 0 Å². The van der Waals surface area contributed by atoms with Gasteiger partial charge in [0, 0.05) is 18.7 Å². The van der Waals surface area contributed by atoms with Crippen LogP contribution in [0.25, 0.3) is 5.57 Å². The summed E-state index contributed by atoms with van der Waals surface area (Å²) in [5.41, 5.74) is 5.13. The maximum absolute atomic E-state index is 14.8. The smallest absolute Gasteiger partial charge is 0.123 e. The number of hydrogen-bond donors (Lipinski definition) is 0. The van der Waals surface area contributed by atoms with Crippen LogP contribution in [0.5, 0.6) is 0 Å². The van der Waals surface area contributed by atoms with Gasteiger partial charge in [-0.2, -0.15) is 0 Å². The van der Waals surface area contributed by atoms with Crippen LogP contribution in [-0.2, 0) is 11.2 Å². The van der Waals surface area contributed by atoms with Crippen molar-refractivity contribution in [3.8, 4) is 12.8 Å². The Labute approximate surface area is 189 Å². The summed E-state index contributed by atoms with van der Waals surface area (Å²) < 4.78 is 20.1. The van der Waals surface area contributed by atoms with Crippen molar-refractivity contribution in [2.75, 3.05) is 27.2 Å². The number of aryl methyl sites for hydroxylation is 1. The molecule has 0 aliphatic heterocycles. The van der Waals surface area contributed by atoms with Crippen LogP contribution in [0.4, 0.5) is 4.39 Å². The second-order valence-electron chi connectivity index (χ2n) is 7.91. The van der Waals surface area contributed by atoms with Crippen molar-refractivity contribution in [2.24, 2.45) is 5.92 Å². The third-order valence-corrected chi connectivity index (χ3v) is 5.52. The first-order chi connectivity index (χ1) is 15.0. The standard InChI is InChI=1S/C26H36FNO.C2H2/c1-6-20(3)25(19-29-5)24-11-9-8-10-23(24)15-14-22(7-2)26(27)16-17-28(4)18-21-12-13-21;1-2/h7-11,16,19,21H,3,6,12-15,17-18H2,1-2,4-5H3;1-2H/b22-7-,25-19-,26-16+;. The molecule has 0 saturated heterocycles. The topological polar surface area (TPSA) is 12.5 Å². The lowest BCUT2D eigenvalue weighted by molar-refractivity contribution is 0.339. The first-order valence-electron chi connectivity index (χ1n) is 11.0. The first-order valence-corrected chi connectivity index (χ1v) is 11.0. The fraction of sp³-hybridized carbons (Fsp3) is 0.429. The number of ether oxygens (including phenoxy) is 1. The van der Waals surface area contributed by atoms with Crippen molar-refractivity contribution < 1.29 is 9.13 Å². The van der Waals surface area contributed by atoms with Gasteiger partial charge in [0.1, 0.15) is 5.83 Å². The molecule has 0 amide bonds. The molecule has 1 aromatic carbocycles. The van der Waals surface area contributed by atoms with Gasteiger partial charge < -0.3 is 9.64 Å². The van der Waals surface area contributed by atoms with Gasteiger partial charge in [-0.25, -0.2) is 4.39 Å². The van der Waals surface area contributed by atoms with Crippen molar-refractivity contribution in [1.82, 2.24) is 4.90 Å². The van der Waals surface area contributed by atoms with E-state index in [1.807, 2.05) is 25.1 Å². The summed E-state index contributed by atoms with van der Waals surface area (Å²) in [6.07, 6.45) is 18.3. The number of nitrogens with zero attached hydrogens (tertiary/aromatic N) is 1. The number of rotatable bonds is 12. The molecule has 0 unspecified atom stereocenters. The molecule has 2 nitrogen and oxygen atoms in total. The highest BCUT2D eigenvalue weighted by Crippen LogP contribution is 2.30. The second kappa shape index (κ2) is 14.4. The van der Waals surface area contributed by atoms with Gasteiger partial charge in [-0.3, -0.25) is 0 Å². The summed E-state index contributed by atoms with van der Waals surface area (Å²) >= 11 is 0. The zero-order valence-electron chi connectivity index (χ0n) is 19.7. The lowest BCUT2D eigenvalue weighted by Crippen LogP contribution is -2.21.